The molecule has 0 heterocycles. The summed E-state index contributed by atoms with van der Waals surface area (Å²) in [4.78, 5) is 21.9. The van der Waals surface area contributed by atoms with E-state index in [1.54, 1.807) is 6.07 Å². The van der Waals surface area contributed by atoms with Crippen LogP contribution in [0.3, 0.4) is 0 Å². The molecule has 21 heavy (non-hydrogen) atoms. The first-order valence-corrected chi connectivity index (χ1v) is 7.33. The minimum Gasteiger partial charge on any atom is -0.481 e. The molecule has 2 N–H and O–H groups in total. The van der Waals surface area contributed by atoms with Crippen LogP contribution in [0.4, 0.5) is 0 Å². The van der Waals surface area contributed by atoms with Gasteiger partial charge in [-0.15, -0.1) is 4.41 Å². The van der Waals surface area contributed by atoms with Gasteiger partial charge in [0.25, 0.3) is 10.0 Å². The van der Waals surface area contributed by atoms with E-state index < -0.39 is 34.4 Å². The third kappa shape index (κ3) is 4.00. The van der Waals surface area contributed by atoms with Crippen LogP contribution in [0.25, 0.3) is 0 Å². The zero-order valence-electron chi connectivity index (χ0n) is 11.5. The lowest BCUT2D eigenvalue weighted by Gasteiger charge is -2.32. The molecule has 1 rings (SSSR count). The van der Waals surface area contributed by atoms with Crippen LogP contribution in [0.15, 0.2) is 35.2 Å². The van der Waals surface area contributed by atoms with Crippen molar-refractivity contribution in [1.82, 2.24) is 9.42 Å². The molecule has 1 aromatic rings. The van der Waals surface area contributed by atoms with Crippen molar-refractivity contribution in [2.45, 2.75) is 17.4 Å². The predicted octanol–water partition coefficient (Wildman–Crippen LogP) is 0.0818. The van der Waals surface area contributed by atoms with Crippen molar-refractivity contribution in [2.24, 2.45) is 0 Å². The average Bonchev–Trinajstić information content (AvgIpc) is 2.37. The summed E-state index contributed by atoms with van der Waals surface area (Å²) >= 11 is 0. The second-order valence-corrected chi connectivity index (χ2v) is 6.19. The van der Waals surface area contributed by atoms with Gasteiger partial charge in [0.2, 0.25) is 0 Å². The van der Waals surface area contributed by atoms with Gasteiger partial charge in [-0.2, -0.15) is 0 Å². The van der Waals surface area contributed by atoms with Crippen LogP contribution in [0.2, 0.25) is 0 Å². The topological polar surface area (TPSA) is 115 Å². The smallest absolute Gasteiger partial charge is 0.324 e. The largest absolute Gasteiger partial charge is 0.481 e. The maximum absolute atomic E-state index is 12.5. The maximum Gasteiger partial charge on any atom is 0.324 e. The summed E-state index contributed by atoms with van der Waals surface area (Å²) in [6, 6.07) is 5.49. The van der Waals surface area contributed by atoms with E-state index in [4.69, 9.17) is 10.2 Å². The molecular formula is C12H16N2O6S. The molecule has 0 aliphatic carbocycles. The number of hydrazine groups is 1. The molecule has 0 aliphatic heterocycles. The van der Waals surface area contributed by atoms with Crippen LogP contribution < -0.4 is 0 Å². The van der Waals surface area contributed by atoms with E-state index in [-0.39, 0.29) is 4.90 Å². The standard InChI is InChI=1S/C12H16N2O6S/c1-13(2)14(10(12(17)18)8-11(15)16)21(19,20)9-6-4-3-5-7-9/h3-7,10H,8H2,1-2H3,(H,15,16)(H,17,18)/t10-/m0/s1. The molecule has 1 atom stereocenters. The molecule has 0 amide bonds. The van der Waals surface area contributed by atoms with Gasteiger partial charge in [-0.25, -0.2) is 13.4 Å². The molecule has 0 unspecified atom stereocenters. The Morgan fingerprint density at radius 3 is 2.05 bits per heavy atom. The summed E-state index contributed by atoms with van der Waals surface area (Å²) in [6.07, 6.45) is -0.848. The Balaban J connectivity index is 3.34. The minimum atomic E-state index is -4.18. The zero-order valence-corrected chi connectivity index (χ0v) is 12.3. The minimum absolute atomic E-state index is 0.115. The lowest BCUT2D eigenvalue weighted by atomic mass is 10.2. The highest BCUT2D eigenvalue weighted by molar-refractivity contribution is 7.89. The molecule has 0 aliphatic rings. The molecule has 0 saturated carbocycles. The highest BCUT2D eigenvalue weighted by Gasteiger charge is 2.39. The number of carboxylic acids is 2. The number of carboxylic acid groups (broad SMARTS) is 2. The average molecular weight is 316 g/mol. The van der Waals surface area contributed by atoms with Crippen LogP contribution in [-0.4, -0.2) is 60.1 Å². The molecule has 0 saturated heterocycles. The van der Waals surface area contributed by atoms with Crippen molar-refractivity contribution >= 4 is 22.0 Å². The van der Waals surface area contributed by atoms with E-state index in [0.29, 0.717) is 4.41 Å². The number of nitrogens with zero attached hydrogens (tertiary/aromatic N) is 2. The van der Waals surface area contributed by atoms with Crippen LogP contribution in [0.1, 0.15) is 6.42 Å². The van der Waals surface area contributed by atoms with Gasteiger partial charge < -0.3 is 10.2 Å². The number of hydrogen-bond acceptors (Lipinski definition) is 5. The SMILES string of the molecule is CN(C)N([C@@H](CC(=O)O)C(=O)O)S(=O)(=O)c1ccccc1. The van der Waals surface area contributed by atoms with E-state index in [9.17, 15) is 18.0 Å². The Morgan fingerprint density at radius 2 is 1.67 bits per heavy atom. The highest BCUT2D eigenvalue weighted by Crippen LogP contribution is 2.20. The molecule has 9 heteroatoms. The van der Waals surface area contributed by atoms with Crippen molar-refractivity contribution in [3.8, 4) is 0 Å². The second-order valence-electron chi connectivity index (χ2n) is 4.39. The van der Waals surface area contributed by atoms with Gasteiger partial charge in [0.1, 0.15) is 6.04 Å². The number of rotatable bonds is 7. The van der Waals surface area contributed by atoms with Crippen molar-refractivity contribution in [1.29, 1.82) is 0 Å². The zero-order chi connectivity index (χ0) is 16.2. The van der Waals surface area contributed by atoms with Gasteiger partial charge in [0.05, 0.1) is 11.3 Å². The van der Waals surface area contributed by atoms with Crippen molar-refractivity contribution < 1.29 is 28.2 Å². The van der Waals surface area contributed by atoms with Gasteiger partial charge in [-0.1, -0.05) is 18.2 Å². The fourth-order valence-corrected chi connectivity index (χ4v) is 3.43. The Morgan fingerprint density at radius 1 is 1.14 bits per heavy atom. The molecule has 1 aromatic carbocycles. The van der Waals surface area contributed by atoms with Crippen molar-refractivity contribution in [3.05, 3.63) is 30.3 Å². The molecule has 0 radical (unpaired) electrons. The Labute approximate surface area is 122 Å². The van der Waals surface area contributed by atoms with Gasteiger partial charge in [-0.3, -0.25) is 9.59 Å². The number of benzene rings is 1. The second kappa shape index (κ2) is 6.66. The van der Waals surface area contributed by atoms with Crippen LogP contribution >= 0.6 is 0 Å². The van der Waals surface area contributed by atoms with Crippen LogP contribution in [0, 0.1) is 0 Å². The molecule has 0 aromatic heterocycles. The van der Waals surface area contributed by atoms with Crippen LogP contribution in [-0.2, 0) is 19.6 Å². The van der Waals surface area contributed by atoms with Gasteiger partial charge in [-0.05, 0) is 12.1 Å². The number of carbonyl (C=O) groups is 2. The molecule has 0 bridgehead atoms. The van der Waals surface area contributed by atoms with E-state index in [1.807, 2.05) is 0 Å². The highest BCUT2D eigenvalue weighted by atomic mass is 32.2. The normalized spacial score (nSPS) is 13.3. The Kier molecular flexibility index (Phi) is 5.41. The third-order valence-electron chi connectivity index (χ3n) is 2.60. The first-order valence-electron chi connectivity index (χ1n) is 5.89. The van der Waals surface area contributed by atoms with E-state index in [0.717, 1.165) is 5.01 Å². The first kappa shape index (κ1) is 17.1. The summed E-state index contributed by atoms with van der Waals surface area (Å²) in [5.41, 5.74) is 0. The van der Waals surface area contributed by atoms with E-state index >= 15 is 0 Å². The van der Waals surface area contributed by atoms with Crippen molar-refractivity contribution in [3.63, 3.8) is 0 Å². The summed E-state index contributed by atoms with van der Waals surface area (Å²) in [5.74, 6) is -2.94. The molecule has 116 valence electrons. The Bertz CT molecular complexity index is 614. The molecule has 0 spiro atoms. The number of aliphatic carboxylic acids is 2. The maximum atomic E-state index is 12.5. The van der Waals surface area contributed by atoms with E-state index in [2.05, 4.69) is 0 Å². The monoisotopic (exact) mass is 316 g/mol. The summed E-state index contributed by atoms with van der Waals surface area (Å²) in [7, 11) is -1.51. The lowest BCUT2D eigenvalue weighted by molar-refractivity contribution is -0.151. The van der Waals surface area contributed by atoms with Crippen LogP contribution in [0.5, 0.6) is 0 Å². The fraction of sp³-hybridized carbons (Fsp3) is 0.333. The summed E-state index contributed by atoms with van der Waals surface area (Å²) in [6.45, 7) is 0. The number of hydrogen-bond donors (Lipinski definition) is 2. The van der Waals surface area contributed by atoms with Crippen molar-refractivity contribution in [2.75, 3.05) is 14.1 Å². The van der Waals surface area contributed by atoms with Gasteiger partial charge in [0, 0.05) is 14.1 Å². The molecule has 0 fully saturated rings. The van der Waals surface area contributed by atoms with Gasteiger partial charge in [0.15, 0.2) is 0 Å². The van der Waals surface area contributed by atoms with E-state index in [1.165, 1.54) is 38.4 Å². The summed E-state index contributed by atoms with van der Waals surface area (Å²) < 4.78 is 25.6. The Hall–Kier alpha value is -1.97. The quantitative estimate of drug-likeness (QED) is 0.684. The molecular weight excluding hydrogens is 300 g/mol. The first-order chi connectivity index (χ1) is 9.67. The predicted molar refractivity (Wildman–Crippen MR) is 72.8 cm³/mol. The number of sulfonamides is 1. The fourth-order valence-electron chi connectivity index (χ4n) is 1.79. The lowest BCUT2D eigenvalue weighted by Crippen LogP contribution is -2.52. The molecule has 8 nitrogen and oxygen atoms in total. The van der Waals surface area contributed by atoms with Gasteiger partial charge >= 0.3 is 11.9 Å². The summed E-state index contributed by atoms with van der Waals surface area (Å²) in [5, 5.41) is 19.0. The third-order valence-corrected chi connectivity index (χ3v) is 4.54.